The Morgan fingerprint density at radius 1 is 1.16 bits per heavy atom. The van der Waals surface area contributed by atoms with E-state index in [-0.39, 0.29) is 35.5 Å². The van der Waals surface area contributed by atoms with Gasteiger partial charge in [-0.25, -0.2) is 9.59 Å². The number of methoxy groups -OCH3 is 1. The first-order valence-electron chi connectivity index (χ1n) is 9.31. The van der Waals surface area contributed by atoms with E-state index in [4.69, 9.17) is 4.74 Å². The topological polar surface area (TPSA) is 116 Å². The van der Waals surface area contributed by atoms with Gasteiger partial charge in [-0.15, -0.1) is 0 Å². The minimum atomic E-state index is -1.01. The van der Waals surface area contributed by atoms with E-state index in [2.05, 4.69) is 20.7 Å². The van der Waals surface area contributed by atoms with Crippen molar-refractivity contribution in [2.24, 2.45) is 0 Å². The number of hydrogen-bond acceptors (Lipinski definition) is 7. The number of carbonyl (C=O) groups is 3. The van der Waals surface area contributed by atoms with Crippen LogP contribution in [0.15, 0.2) is 48.5 Å². The highest BCUT2D eigenvalue weighted by atomic mass is 79.9. The standard InChI is InChI=1S/C21H19BrN2O7/c1-30-19(26)15-7-8-16(17(11-15)24(28)29)23-18(25)9-10-21(23,12-22)13-31-20(27)14-5-3-2-4-6-14/h2-8,11H,9-10,12-13H2,1H3. The molecule has 0 aliphatic carbocycles. The number of halogens is 1. The molecule has 1 saturated heterocycles. The molecule has 1 fully saturated rings. The van der Waals surface area contributed by atoms with Gasteiger partial charge in [0, 0.05) is 17.8 Å². The van der Waals surface area contributed by atoms with Crippen molar-refractivity contribution in [3.05, 3.63) is 69.8 Å². The number of rotatable bonds is 7. The third-order valence-electron chi connectivity index (χ3n) is 5.09. The maximum absolute atomic E-state index is 12.8. The third kappa shape index (κ3) is 4.43. The highest BCUT2D eigenvalue weighted by Crippen LogP contribution is 2.41. The van der Waals surface area contributed by atoms with Gasteiger partial charge in [-0.05, 0) is 30.7 Å². The zero-order chi connectivity index (χ0) is 22.6. The Balaban J connectivity index is 1.96. The van der Waals surface area contributed by atoms with Crippen molar-refractivity contribution in [1.29, 1.82) is 0 Å². The van der Waals surface area contributed by atoms with Gasteiger partial charge in [-0.3, -0.25) is 19.8 Å². The minimum Gasteiger partial charge on any atom is -0.465 e. The Bertz CT molecular complexity index is 1030. The molecule has 1 amide bonds. The van der Waals surface area contributed by atoms with Gasteiger partial charge in [0.1, 0.15) is 12.3 Å². The summed E-state index contributed by atoms with van der Waals surface area (Å²) >= 11 is 3.39. The molecule has 1 heterocycles. The van der Waals surface area contributed by atoms with E-state index >= 15 is 0 Å². The molecule has 1 atom stereocenters. The number of amides is 1. The van der Waals surface area contributed by atoms with Crippen molar-refractivity contribution in [3.8, 4) is 0 Å². The fourth-order valence-electron chi connectivity index (χ4n) is 3.48. The monoisotopic (exact) mass is 490 g/mol. The van der Waals surface area contributed by atoms with Crippen molar-refractivity contribution in [2.75, 3.05) is 23.9 Å². The lowest BCUT2D eigenvalue weighted by Crippen LogP contribution is -2.51. The number of anilines is 1. The van der Waals surface area contributed by atoms with E-state index in [9.17, 15) is 24.5 Å². The highest BCUT2D eigenvalue weighted by molar-refractivity contribution is 9.09. The van der Waals surface area contributed by atoms with Gasteiger partial charge < -0.3 is 9.47 Å². The first-order valence-corrected chi connectivity index (χ1v) is 10.4. The molecule has 1 unspecified atom stereocenters. The molecule has 10 heteroatoms. The fraction of sp³-hybridized carbons (Fsp3) is 0.286. The minimum absolute atomic E-state index is 0.00968. The molecule has 31 heavy (non-hydrogen) atoms. The van der Waals surface area contributed by atoms with E-state index in [0.717, 1.165) is 6.07 Å². The predicted molar refractivity (Wildman–Crippen MR) is 114 cm³/mol. The summed E-state index contributed by atoms with van der Waals surface area (Å²) in [5.41, 5.74) is -1.06. The second kappa shape index (κ2) is 9.25. The summed E-state index contributed by atoms with van der Waals surface area (Å²) in [6.07, 6.45) is 0.458. The Kier molecular flexibility index (Phi) is 6.69. The summed E-state index contributed by atoms with van der Waals surface area (Å²) in [5, 5.41) is 11.9. The molecule has 3 rings (SSSR count). The van der Waals surface area contributed by atoms with Crippen LogP contribution in [-0.2, 0) is 14.3 Å². The van der Waals surface area contributed by atoms with Crippen LogP contribution in [0.4, 0.5) is 11.4 Å². The fourth-order valence-corrected chi connectivity index (χ4v) is 4.17. The zero-order valence-electron chi connectivity index (χ0n) is 16.6. The first-order chi connectivity index (χ1) is 14.8. The summed E-state index contributed by atoms with van der Waals surface area (Å²) in [6, 6.07) is 12.2. The smallest absolute Gasteiger partial charge is 0.338 e. The number of ether oxygens (including phenoxy) is 2. The van der Waals surface area contributed by atoms with Gasteiger partial charge in [0.05, 0.1) is 28.7 Å². The van der Waals surface area contributed by atoms with E-state index in [1.54, 1.807) is 30.3 Å². The maximum atomic E-state index is 12.8. The summed E-state index contributed by atoms with van der Waals surface area (Å²) in [7, 11) is 1.17. The Labute approximate surface area is 186 Å². The average molecular weight is 491 g/mol. The van der Waals surface area contributed by atoms with Gasteiger partial charge >= 0.3 is 11.9 Å². The predicted octanol–water partition coefficient (Wildman–Crippen LogP) is 3.50. The Morgan fingerprint density at radius 2 is 1.87 bits per heavy atom. The van der Waals surface area contributed by atoms with Crippen LogP contribution in [0.1, 0.15) is 33.6 Å². The van der Waals surface area contributed by atoms with Crippen molar-refractivity contribution in [2.45, 2.75) is 18.4 Å². The van der Waals surface area contributed by atoms with Gasteiger partial charge in [0.15, 0.2) is 0 Å². The van der Waals surface area contributed by atoms with Crippen molar-refractivity contribution >= 4 is 45.2 Å². The third-order valence-corrected chi connectivity index (χ3v) is 6.14. The van der Waals surface area contributed by atoms with E-state index in [0.29, 0.717) is 12.0 Å². The van der Waals surface area contributed by atoms with Crippen LogP contribution in [0.2, 0.25) is 0 Å². The molecule has 2 aromatic carbocycles. The van der Waals surface area contributed by atoms with Gasteiger partial charge in [-0.1, -0.05) is 34.1 Å². The lowest BCUT2D eigenvalue weighted by Gasteiger charge is -2.36. The number of carbonyl (C=O) groups excluding carboxylic acids is 3. The summed E-state index contributed by atoms with van der Waals surface area (Å²) in [5.74, 6) is -1.63. The van der Waals surface area contributed by atoms with Gasteiger partial charge in [0.25, 0.3) is 5.69 Å². The largest absolute Gasteiger partial charge is 0.465 e. The lowest BCUT2D eigenvalue weighted by atomic mass is 9.99. The molecule has 0 N–H and O–H groups in total. The van der Waals surface area contributed by atoms with E-state index in [1.165, 1.54) is 24.1 Å². The maximum Gasteiger partial charge on any atom is 0.338 e. The Hall–Kier alpha value is -3.27. The number of alkyl halides is 1. The molecule has 0 saturated carbocycles. The molecule has 162 valence electrons. The number of nitro benzene ring substituents is 1. The van der Waals surface area contributed by atoms with Crippen LogP contribution in [-0.4, -0.2) is 47.4 Å². The lowest BCUT2D eigenvalue weighted by molar-refractivity contribution is -0.384. The van der Waals surface area contributed by atoms with E-state index in [1.807, 2.05) is 0 Å². The number of nitro groups is 1. The summed E-state index contributed by atoms with van der Waals surface area (Å²) < 4.78 is 10.1. The Morgan fingerprint density at radius 3 is 2.48 bits per heavy atom. The van der Waals surface area contributed by atoms with Crippen LogP contribution < -0.4 is 4.90 Å². The zero-order valence-corrected chi connectivity index (χ0v) is 18.2. The SMILES string of the molecule is COC(=O)c1ccc(N2C(=O)CCC2(CBr)COC(=O)c2ccccc2)c([N+](=O)[O-])c1. The first kappa shape index (κ1) is 22.4. The quantitative estimate of drug-likeness (QED) is 0.252. The molecule has 0 radical (unpaired) electrons. The van der Waals surface area contributed by atoms with Crippen molar-refractivity contribution < 1.29 is 28.8 Å². The molecule has 0 aromatic heterocycles. The van der Waals surface area contributed by atoms with Gasteiger partial charge in [-0.2, -0.15) is 0 Å². The normalized spacial score (nSPS) is 18.0. The molecular formula is C21H19BrN2O7. The molecule has 1 aliphatic heterocycles. The molecule has 1 aliphatic rings. The number of hydrogen-bond donors (Lipinski definition) is 0. The van der Waals surface area contributed by atoms with Crippen LogP contribution >= 0.6 is 15.9 Å². The number of benzene rings is 2. The van der Waals surface area contributed by atoms with Crippen LogP contribution in [0.3, 0.4) is 0 Å². The van der Waals surface area contributed by atoms with Gasteiger partial charge in [0.2, 0.25) is 5.91 Å². The number of esters is 2. The number of nitrogens with zero attached hydrogens (tertiary/aromatic N) is 2. The second-order valence-electron chi connectivity index (χ2n) is 6.98. The molecular weight excluding hydrogens is 472 g/mol. The van der Waals surface area contributed by atoms with Crippen molar-refractivity contribution in [3.63, 3.8) is 0 Å². The van der Waals surface area contributed by atoms with Crippen LogP contribution in [0.5, 0.6) is 0 Å². The molecule has 0 bridgehead atoms. The summed E-state index contributed by atoms with van der Waals surface area (Å²) in [6.45, 7) is -0.159. The molecule has 2 aromatic rings. The van der Waals surface area contributed by atoms with Crippen molar-refractivity contribution in [1.82, 2.24) is 0 Å². The molecule has 0 spiro atoms. The van der Waals surface area contributed by atoms with Crippen LogP contribution in [0.25, 0.3) is 0 Å². The average Bonchev–Trinajstić information content (AvgIpc) is 3.13. The summed E-state index contributed by atoms with van der Waals surface area (Å²) in [4.78, 5) is 49.3. The van der Waals surface area contributed by atoms with Crippen LogP contribution in [0, 0.1) is 10.1 Å². The van der Waals surface area contributed by atoms with E-state index < -0.39 is 28.1 Å². The second-order valence-corrected chi connectivity index (χ2v) is 7.54. The highest BCUT2D eigenvalue weighted by Gasteiger charge is 2.48. The molecule has 9 nitrogen and oxygen atoms in total.